The first-order valence-corrected chi connectivity index (χ1v) is 5.80. The van der Waals surface area contributed by atoms with Gasteiger partial charge >= 0.3 is 5.69 Å². The Labute approximate surface area is 120 Å². The van der Waals surface area contributed by atoms with Crippen molar-refractivity contribution in [2.45, 2.75) is 0 Å². The summed E-state index contributed by atoms with van der Waals surface area (Å²) in [7, 11) is 0. The summed E-state index contributed by atoms with van der Waals surface area (Å²) in [5.41, 5.74) is -2.23. The van der Waals surface area contributed by atoms with Crippen molar-refractivity contribution in [1.82, 2.24) is 9.97 Å². The summed E-state index contributed by atoms with van der Waals surface area (Å²) in [6.45, 7) is 0. The molecular weight excluding hydrogens is 304 g/mol. The van der Waals surface area contributed by atoms with E-state index in [0.717, 1.165) is 12.3 Å². The molecule has 0 saturated heterocycles. The van der Waals surface area contributed by atoms with E-state index in [-0.39, 0.29) is 22.0 Å². The van der Waals surface area contributed by atoms with Crippen LogP contribution in [0.15, 0.2) is 32.8 Å². The van der Waals surface area contributed by atoms with E-state index in [1.165, 1.54) is 12.1 Å². The minimum absolute atomic E-state index is 0.0378. The minimum Gasteiger partial charge on any atom is -0.494 e. The van der Waals surface area contributed by atoms with Gasteiger partial charge in [0, 0.05) is 18.3 Å². The summed E-state index contributed by atoms with van der Waals surface area (Å²) in [5.74, 6) is -0.672. The topological polar surface area (TPSA) is 141 Å². The van der Waals surface area contributed by atoms with E-state index >= 15 is 0 Å². The number of H-pyrrole nitrogens is 2. The van der Waals surface area contributed by atoms with Crippen LogP contribution in [0.1, 0.15) is 5.56 Å². The number of nitrogens with zero attached hydrogens (tertiary/aromatic N) is 2. The highest BCUT2D eigenvalue weighted by Gasteiger charge is 2.10. The Kier molecular flexibility index (Phi) is 3.85. The number of aromatic hydroxyl groups is 1. The Morgan fingerprint density at radius 2 is 2.05 bits per heavy atom. The van der Waals surface area contributed by atoms with Gasteiger partial charge in [0.1, 0.15) is 5.56 Å². The van der Waals surface area contributed by atoms with Crippen LogP contribution in [0.3, 0.4) is 0 Å². The maximum atomic E-state index is 11.5. The van der Waals surface area contributed by atoms with Crippen molar-refractivity contribution in [3.05, 3.63) is 59.7 Å². The van der Waals surface area contributed by atoms with Gasteiger partial charge in [-0.3, -0.25) is 29.9 Å². The zero-order chi connectivity index (χ0) is 15.6. The standard InChI is InChI=1S/C11H7ClN4O5/c12-7-2-1-5(16(20)21)3-8(7)13-4-6-9(17)14-11(19)15-10(6)18/h1-4H,(H3,14,15,17,18,19). The molecule has 10 heteroatoms. The molecule has 108 valence electrons. The Balaban J connectivity index is 2.47. The quantitative estimate of drug-likeness (QED) is 0.442. The minimum atomic E-state index is -0.872. The summed E-state index contributed by atoms with van der Waals surface area (Å²) in [4.78, 5) is 40.1. The van der Waals surface area contributed by atoms with Crippen LogP contribution in [0.5, 0.6) is 5.88 Å². The predicted octanol–water partition coefficient (Wildman–Crippen LogP) is 1.08. The van der Waals surface area contributed by atoms with Gasteiger partial charge in [-0.15, -0.1) is 0 Å². The number of hydrogen-bond acceptors (Lipinski definition) is 6. The number of nitrogens with one attached hydrogen (secondary N) is 2. The fourth-order valence-corrected chi connectivity index (χ4v) is 1.62. The number of rotatable bonds is 3. The molecule has 0 spiro atoms. The van der Waals surface area contributed by atoms with Crippen LogP contribution >= 0.6 is 11.6 Å². The van der Waals surface area contributed by atoms with Crippen molar-refractivity contribution in [2.24, 2.45) is 4.99 Å². The van der Waals surface area contributed by atoms with Gasteiger partial charge in [-0.1, -0.05) is 11.6 Å². The zero-order valence-corrected chi connectivity index (χ0v) is 10.9. The van der Waals surface area contributed by atoms with E-state index in [9.17, 15) is 24.8 Å². The average molecular weight is 311 g/mol. The molecule has 0 fully saturated rings. The van der Waals surface area contributed by atoms with Crippen molar-refractivity contribution in [1.29, 1.82) is 0 Å². The number of nitro benzene ring substituents is 1. The molecule has 0 aliphatic rings. The van der Waals surface area contributed by atoms with Crippen molar-refractivity contribution >= 4 is 29.2 Å². The fraction of sp³-hybridized carbons (Fsp3) is 0. The van der Waals surface area contributed by atoms with E-state index in [0.29, 0.717) is 0 Å². The number of aromatic nitrogens is 2. The smallest absolute Gasteiger partial charge is 0.328 e. The predicted molar refractivity (Wildman–Crippen MR) is 74.7 cm³/mol. The zero-order valence-electron chi connectivity index (χ0n) is 10.2. The van der Waals surface area contributed by atoms with Crippen molar-refractivity contribution in [3.63, 3.8) is 0 Å². The maximum absolute atomic E-state index is 11.5. The molecule has 1 aromatic heterocycles. The molecule has 3 N–H and O–H groups in total. The van der Waals surface area contributed by atoms with Crippen LogP contribution in [-0.4, -0.2) is 26.2 Å². The third-order valence-corrected chi connectivity index (χ3v) is 2.75. The first kappa shape index (κ1) is 14.5. The van der Waals surface area contributed by atoms with Gasteiger partial charge in [0.15, 0.2) is 0 Å². The molecule has 0 aliphatic heterocycles. The number of non-ortho nitro benzene ring substituents is 1. The van der Waals surface area contributed by atoms with Crippen LogP contribution < -0.4 is 11.2 Å². The monoisotopic (exact) mass is 310 g/mol. The number of halogens is 1. The summed E-state index contributed by atoms with van der Waals surface area (Å²) < 4.78 is 0. The van der Waals surface area contributed by atoms with Crippen LogP contribution in [0.4, 0.5) is 11.4 Å². The molecule has 0 saturated carbocycles. The Morgan fingerprint density at radius 3 is 2.67 bits per heavy atom. The lowest BCUT2D eigenvalue weighted by molar-refractivity contribution is -0.384. The molecule has 2 rings (SSSR count). The van der Waals surface area contributed by atoms with Gasteiger partial charge in [0.25, 0.3) is 11.2 Å². The number of aromatic amines is 2. The van der Waals surface area contributed by atoms with Crippen LogP contribution in [0, 0.1) is 10.1 Å². The molecule has 0 unspecified atom stereocenters. The molecule has 0 aliphatic carbocycles. The van der Waals surface area contributed by atoms with Gasteiger partial charge in [0.2, 0.25) is 5.88 Å². The third kappa shape index (κ3) is 3.15. The number of aliphatic imine (C=N–C) groups is 1. The lowest BCUT2D eigenvalue weighted by Gasteiger charge is -1.99. The molecule has 0 bridgehead atoms. The first-order valence-electron chi connectivity index (χ1n) is 5.42. The molecule has 0 atom stereocenters. The molecule has 9 nitrogen and oxygen atoms in total. The highest BCUT2D eigenvalue weighted by Crippen LogP contribution is 2.29. The lowest BCUT2D eigenvalue weighted by Crippen LogP contribution is -2.24. The van der Waals surface area contributed by atoms with Crippen molar-refractivity contribution in [3.8, 4) is 5.88 Å². The Bertz CT molecular complexity index is 854. The van der Waals surface area contributed by atoms with Gasteiger partial charge in [-0.05, 0) is 6.07 Å². The van der Waals surface area contributed by atoms with Gasteiger partial charge < -0.3 is 5.11 Å². The second kappa shape index (κ2) is 5.59. The highest BCUT2D eigenvalue weighted by molar-refractivity contribution is 6.33. The first-order chi connectivity index (χ1) is 9.88. The average Bonchev–Trinajstić information content (AvgIpc) is 2.39. The van der Waals surface area contributed by atoms with Crippen molar-refractivity contribution in [2.75, 3.05) is 0 Å². The molecular formula is C11H7ClN4O5. The van der Waals surface area contributed by atoms with E-state index in [2.05, 4.69) is 4.99 Å². The summed E-state index contributed by atoms with van der Waals surface area (Å²) >= 11 is 5.83. The number of benzene rings is 1. The number of hydrogen-bond donors (Lipinski definition) is 3. The van der Waals surface area contributed by atoms with Gasteiger partial charge in [0.05, 0.1) is 15.6 Å². The fourth-order valence-electron chi connectivity index (χ4n) is 1.45. The molecule has 1 aromatic carbocycles. The Morgan fingerprint density at radius 1 is 1.33 bits per heavy atom. The molecule has 1 heterocycles. The van der Waals surface area contributed by atoms with Crippen molar-refractivity contribution < 1.29 is 10.0 Å². The maximum Gasteiger partial charge on any atom is 0.328 e. The normalized spacial score (nSPS) is 10.9. The number of nitro groups is 1. The van der Waals surface area contributed by atoms with Gasteiger partial charge in [-0.25, -0.2) is 4.79 Å². The summed E-state index contributed by atoms with van der Waals surface area (Å²) in [6, 6.07) is 3.59. The Hall–Kier alpha value is -2.94. The largest absolute Gasteiger partial charge is 0.494 e. The molecule has 21 heavy (non-hydrogen) atoms. The SMILES string of the molecule is O=c1[nH]c(O)c(C=Nc2cc([N+](=O)[O-])ccc2Cl)c(=O)[nH]1. The molecule has 0 amide bonds. The van der Waals surface area contributed by atoms with Crippen LogP contribution in [0.25, 0.3) is 0 Å². The highest BCUT2D eigenvalue weighted by atomic mass is 35.5. The molecule has 0 radical (unpaired) electrons. The second-order valence-electron chi connectivity index (χ2n) is 3.82. The van der Waals surface area contributed by atoms with Gasteiger partial charge in [-0.2, -0.15) is 0 Å². The third-order valence-electron chi connectivity index (χ3n) is 2.43. The van der Waals surface area contributed by atoms with E-state index in [4.69, 9.17) is 11.6 Å². The van der Waals surface area contributed by atoms with E-state index < -0.39 is 22.1 Å². The van der Waals surface area contributed by atoms with E-state index in [1.807, 2.05) is 9.97 Å². The summed E-state index contributed by atoms with van der Waals surface area (Å²) in [6.07, 6.45) is 0.940. The van der Waals surface area contributed by atoms with Crippen LogP contribution in [0.2, 0.25) is 5.02 Å². The lowest BCUT2D eigenvalue weighted by atomic mass is 10.3. The summed E-state index contributed by atoms with van der Waals surface area (Å²) in [5, 5.41) is 20.2. The second-order valence-corrected chi connectivity index (χ2v) is 4.23. The van der Waals surface area contributed by atoms with Crippen LogP contribution in [-0.2, 0) is 0 Å². The molecule has 2 aromatic rings. The van der Waals surface area contributed by atoms with E-state index in [1.54, 1.807) is 0 Å².